The molecule has 3 N–H and O–H groups in total. The van der Waals surface area contributed by atoms with Gasteiger partial charge in [0.1, 0.15) is 11.4 Å². The van der Waals surface area contributed by atoms with Gasteiger partial charge in [0.05, 0.1) is 6.04 Å². The summed E-state index contributed by atoms with van der Waals surface area (Å²) in [5.41, 5.74) is 0.406. The summed E-state index contributed by atoms with van der Waals surface area (Å²) < 4.78 is 5.13. The van der Waals surface area contributed by atoms with E-state index in [2.05, 4.69) is 10.6 Å². The Morgan fingerprint density at radius 2 is 1.80 bits per heavy atom. The first kappa shape index (κ1) is 21.0. The van der Waals surface area contributed by atoms with Gasteiger partial charge in [-0.25, -0.2) is 4.79 Å². The summed E-state index contributed by atoms with van der Waals surface area (Å²) in [6, 6.07) is 6.48. The Bertz CT molecular complexity index is 564. The van der Waals surface area contributed by atoms with Gasteiger partial charge in [0.15, 0.2) is 0 Å². The predicted molar refractivity (Wildman–Crippen MR) is 97.4 cm³/mol. The van der Waals surface area contributed by atoms with Crippen LogP contribution in [0.1, 0.15) is 46.6 Å². The fourth-order valence-electron chi connectivity index (χ4n) is 2.30. The molecular weight excluding hydrogens is 320 g/mol. The molecule has 0 radical (unpaired) electrons. The number of ether oxygens (including phenoxy) is 1. The van der Waals surface area contributed by atoms with Gasteiger partial charge in [-0.15, -0.1) is 0 Å². The molecule has 0 spiro atoms. The maximum Gasteiger partial charge on any atom is 0.414 e. The van der Waals surface area contributed by atoms with Gasteiger partial charge in [0.2, 0.25) is 5.91 Å². The number of alkyl carbamates (subject to hydrolysis) is 1. The number of phenolic OH excluding ortho intramolecular Hbond substituents is 1. The molecule has 0 aliphatic carbocycles. The van der Waals surface area contributed by atoms with Crippen molar-refractivity contribution in [3.8, 4) is 5.75 Å². The van der Waals surface area contributed by atoms with E-state index in [0.717, 1.165) is 12.0 Å². The Morgan fingerprint density at radius 1 is 1.20 bits per heavy atom. The maximum atomic E-state index is 12.4. The molecule has 0 saturated heterocycles. The van der Waals surface area contributed by atoms with Crippen molar-refractivity contribution in [2.24, 2.45) is 5.92 Å². The highest BCUT2D eigenvalue weighted by atomic mass is 16.6. The molecule has 0 aromatic heterocycles. The van der Waals surface area contributed by atoms with Gasteiger partial charge in [0.25, 0.3) is 0 Å². The van der Waals surface area contributed by atoms with Crippen molar-refractivity contribution in [1.29, 1.82) is 0 Å². The summed E-state index contributed by atoms with van der Waals surface area (Å²) in [4.78, 5) is 24.2. The SMILES string of the molecule is CC[C@H](C)[C@H](NCCc1ccc(O)cc1)C(=O)NC(=O)OC(C)(C)C. The predicted octanol–water partition coefficient (Wildman–Crippen LogP) is 2.99. The second kappa shape index (κ2) is 9.42. The quantitative estimate of drug-likeness (QED) is 0.704. The van der Waals surface area contributed by atoms with Crippen LogP contribution >= 0.6 is 0 Å². The molecule has 0 bridgehead atoms. The molecule has 0 saturated carbocycles. The molecule has 2 atom stereocenters. The Labute approximate surface area is 150 Å². The van der Waals surface area contributed by atoms with E-state index < -0.39 is 17.7 Å². The number of nitrogens with one attached hydrogen (secondary N) is 2. The van der Waals surface area contributed by atoms with Crippen LogP contribution in [0, 0.1) is 5.92 Å². The highest BCUT2D eigenvalue weighted by Gasteiger charge is 2.26. The summed E-state index contributed by atoms with van der Waals surface area (Å²) in [7, 11) is 0. The van der Waals surface area contributed by atoms with E-state index in [9.17, 15) is 14.7 Å². The van der Waals surface area contributed by atoms with Crippen LogP contribution in [-0.2, 0) is 16.0 Å². The van der Waals surface area contributed by atoms with Gasteiger partial charge in [-0.05, 0) is 57.4 Å². The third kappa shape index (κ3) is 8.03. The average molecular weight is 350 g/mol. The van der Waals surface area contributed by atoms with Crippen molar-refractivity contribution < 1.29 is 19.4 Å². The molecule has 2 amide bonds. The van der Waals surface area contributed by atoms with Crippen molar-refractivity contribution in [2.75, 3.05) is 6.54 Å². The van der Waals surface area contributed by atoms with E-state index in [0.29, 0.717) is 13.0 Å². The zero-order chi connectivity index (χ0) is 19.0. The third-order valence-corrected chi connectivity index (χ3v) is 3.83. The molecule has 0 heterocycles. The number of aromatic hydroxyl groups is 1. The molecule has 0 aliphatic rings. The minimum absolute atomic E-state index is 0.0715. The number of benzene rings is 1. The van der Waals surface area contributed by atoms with Crippen LogP contribution < -0.4 is 10.6 Å². The summed E-state index contributed by atoms with van der Waals surface area (Å²) in [6.45, 7) is 9.80. The molecule has 1 aromatic carbocycles. The van der Waals surface area contributed by atoms with Crippen LogP contribution in [0.4, 0.5) is 4.79 Å². The van der Waals surface area contributed by atoms with Gasteiger partial charge in [-0.1, -0.05) is 32.4 Å². The molecule has 0 fully saturated rings. The minimum atomic E-state index is -0.730. The standard InChI is InChI=1S/C19H30N2O4/c1-6-13(2)16(17(23)21-18(24)25-19(3,4)5)20-12-11-14-7-9-15(22)10-8-14/h7-10,13,16,20,22H,6,11-12H2,1-5H3,(H,21,23,24)/t13-,16-/m0/s1. The van der Waals surface area contributed by atoms with Gasteiger partial charge >= 0.3 is 6.09 Å². The highest BCUT2D eigenvalue weighted by Crippen LogP contribution is 2.12. The van der Waals surface area contributed by atoms with Crippen LogP contribution in [0.2, 0.25) is 0 Å². The summed E-state index contributed by atoms with van der Waals surface area (Å²) in [5.74, 6) is -0.0810. The smallest absolute Gasteiger partial charge is 0.414 e. The fraction of sp³-hybridized carbons (Fsp3) is 0.579. The Balaban J connectivity index is 2.59. The van der Waals surface area contributed by atoms with E-state index in [-0.39, 0.29) is 17.6 Å². The summed E-state index contributed by atoms with van der Waals surface area (Å²) >= 11 is 0. The van der Waals surface area contributed by atoms with Crippen LogP contribution in [0.5, 0.6) is 5.75 Å². The largest absolute Gasteiger partial charge is 0.508 e. The average Bonchev–Trinajstić information content (AvgIpc) is 2.50. The fourth-order valence-corrected chi connectivity index (χ4v) is 2.30. The third-order valence-electron chi connectivity index (χ3n) is 3.83. The minimum Gasteiger partial charge on any atom is -0.508 e. The van der Waals surface area contributed by atoms with Crippen molar-refractivity contribution >= 4 is 12.0 Å². The zero-order valence-corrected chi connectivity index (χ0v) is 15.8. The number of carbonyl (C=O) groups is 2. The lowest BCUT2D eigenvalue weighted by Gasteiger charge is -2.25. The number of hydrogen-bond donors (Lipinski definition) is 3. The van der Waals surface area contributed by atoms with E-state index >= 15 is 0 Å². The van der Waals surface area contributed by atoms with Crippen LogP contribution in [0.25, 0.3) is 0 Å². The molecule has 0 aliphatic heterocycles. The number of rotatable bonds is 7. The molecule has 6 heteroatoms. The normalized spacial score (nSPS) is 13.8. The monoisotopic (exact) mass is 350 g/mol. The molecule has 6 nitrogen and oxygen atoms in total. The van der Waals surface area contributed by atoms with Crippen molar-refractivity contribution in [1.82, 2.24) is 10.6 Å². The number of carbonyl (C=O) groups excluding carboxylic acids is 2. The van der Waals surface area contributed by atoms with Gasteiger partial charge in [0, 0.05) is 0 Å². The summed E-state index contributed by atoms with van der Waals surface area (Å²) in [6.07, 6.45) is 0.789. The molecular formula is C19H30N2O4. The second-order valence-electron chi connectivity index (χ2n) is 7.22. The van der Waals surface area contributed by atoms with E-state index in [1.165, 1.54) is 0 Å². The number of hydrogen-bond acceptors (Lipinski definition) is 5. The lowest BCUT2D eigenvalue weighted by atomic mass is 9.98. The van der Waals surface area contributed by atoms with Gasteiger partial charge < -0.3 is 15.2 Å². The molecule has 25 heavy (non-hydrogen) atoms. The van der Waals surface area contributed by atoms with Crippen molar-refractivity contribution in [3.05, 3.63) is 29.8 Å². The molecule has 140 valence electrons. The van der Waals surface area contributed by atoms with Crippen molar-refractivity contribution in [3.63, 3.8) is 0 Å². The Hall–Kier alpha value is -2.08. The molecule has 1 rings (SSSR count). The van der Waals surface area contributed by atoms with E-state index in [1.807, 2.05) is 26.0 Å². The van der Waals surface area contributed by atoms with Gasteiger partial charge in [-0.2, -0.15) is 0 Å². The summed E-state index contributed by atoms with van der Waals surface area (Å²) in [5, 5.41) is 14.8. The second-order valence-corrected chi connectivity index (χ2v) is 7.22. The van der Waals surface area contributed by atoms with E-state index in [4.69, 9.17) is 4.74 Å². The Kier molecular flexibility index (Phi) is 7.90. The van der Waals surface area contributed by atoms with Gasteiger partial charge in [-0.3, -0.25) is 10.1 Å². The van der Waals surface area contributed by atoms with Crippen molar-refractivity contribution in [2.45, 2.75) is 59.1 Å². The number of amides is 2. The van der Waals surface area contributed by atoms with Crippen LogP contribution in [-0.4, -0.2) is 35.3 Å². The topological polar surface area (TPSA) is 87.7 Å². The van der Waals surface area contributed by atoms with E-state index in [1.54, 1.807) is 32.9 Å². The Morgan fingerprint density at radius 3 is 2.32 bits per heavy atom. The lowest BCUT2D eigenvalue weighted by Crippen LogP contribution is -2.51. The highest BCUT2D eigenvalue weighted by molar-refractivity contribution is 5.95. The zero-order valence-electron chi connectivity index (χ0n) is 15.8. The first-order valence-electron chi connectivity index (χ1n) is 8.67. The maximum absolute atomic E-state index is 12.4. The first-order chi connectivity index (χ1) is 11.6. The van der Waals surface area contributed by atoms with Crippen LogP contribution in [0.15, 0.2) is 24.3 Å². The number of phenols is 1. The molecule has 0 unspecified atom stereocenters. The number of imide groups is 1. The molecule has 1 aromatic rings. The van der Waals surface area contributed by atoms with Crippen LogP contribution in [0.3, 0.4) is 0 Å². The lowest BCUT2D eigenvalue weighted by molar-refractivity contribution is -0.124. The first-order valence-corrected chi connectivity index (χ1v) is 8.67.